The van der Waals surface area contributed by atoms with E-state index in [1.54, 1.807) is 24.3 Å². The monoisotopic (exact) mass is 317 g/mol. The fourth-order valence-corrected chi connectivity index (χ4v) is 3.32. The highest BCUT2D eigenvalue weighted by molar-refractivity contribution is 8.01. The Morgan fingerprint density at radius 1 is 1.09 bits per heavy atom. The summed E-state index contributed by atoms with van der Waals surface area (Å²) in [7, 11) is 0. The van der Waals surface area contributed by atoms with Crippen LogP contribution in [0, 0.1) is 16.0 Å². The number of Topliss-reactive ketones (excluding diaryl/α,β-unsaturated/α-hetero) is 1. The van der Waals surface area contributed by atoms with Crippen LogP contribution in [0.4, 0.5) is 5.69 Å². The van der Waals surface area contributed by atoms with Crippen LogP contribution in [-0.4, -0.2) is 28.0 Å². The number of ether oxygens (including phenoxy) is 1. The number of fused-ring (bicyclic) bond motifs is 1. The van der Waals surface area contributed by atoms with Crippen molar-refractivity contribution in [1.82, 2.24) is 0 Å². The minimum atomic E-state index is -0.946. The number of nitro groups is 1. The smallest absolute Gasteiger partial charge is 0.327 e. The molecule has 112 valence electrons. The topological polar surface area (TPSA) is 86.5 Å². The molecule has 1 aromatic carbocycles. The first-order chi connectivity index (χ1) is 10.6. The van der Waals surface area contributed by atoms with Crippen LogP contribution < -0.4 is 0 Å². The number of non-ortho nitro benzene ring substituents is 1. The molecule has 1 heterocycles. The zero-order chi connectivity index (χ0) is 15.7. The van der Waals surface area contributed by atoms with Gasteiger partial charge in [0.05, 0.1) is 10.8 Å². The van der Waals surface area contributed by atoms with Gasteiger partial charge in [0.2, 0.25) is 0 Å². The number of carbonyl (C=O) groups is 2. The molecule has 2 aliphatic rings. The highest BCUT2D eigenvalue weighted by atomic mass is 32.2. The summed E-state index contributed by atoms with van der Waals surface area (Å²) in [5.74, 6) is -1.24. The zero-order valence-corrected chi connectivity index (χ0v) is 12.1. The molecular formula is C15H11NO5S. The van der Waals surface area contributed by atoms with Crippen LogP contribution in [0.3, 0.4) is 0 Å². The maximum atomic E-state index is 12.4. The van der Waals surface area contributed by atoms with E-state index in [1.165, 1.54) is 24.3 Å². The van der Waals surface area contributed by atoms with E-state index in [2.05, 4.69) is 0 Å². The molecule has 3 atom stereocenters. The van der Waals surface area contributed by atoms with Crippen molar-refractivity contribution in [2.75, 3.05) is 0 Å². The van der Waals surface area contributed by atoms with Crippen LogP contribution in [0.2, 0.25) is 0 Å². The van der Waals surface area contributed by atoms with Gasteiger partial charge in [-0.05, 0) is 18.2 Å². The van der Waals surface area contributed by atoms with E-state index in [0.717, 1.165) is 11.8 Å². The second kappa shape index (κ2) is 5.76. The number of nitrogens with zero attached hydrogens (tertiary/aromatic N) is 1. The number of allylic oxidation sites excluding steroid dienone is 2. The van der Waals surface area contributed by atoms with E-state index in [4.69, 9.17) is 4.74 Å². The zero-order valence-electron chi connectivity index (χ0n) is 11.2. The Labute approximate surface area is 130 Å². The maximum absolute atomic E-state index is 12.4. The van der Waals surface area contributed by atoms with Gasteiger partial charge in [-0.15, -0.1) is 11.8 Å². The molecule has 1 aliphatic heterocycles. The molecule has 0 unspecified atom stereocenters. The van der Waals surface area contributed by atoms with E-state index in [1.807, 2.05) is 0 Å². The molecule has 0 saturated carbocycles. The second-order valence-electron chi connectivity index (χ2n) is 4.85. The van der Waals surface area contributed by atoms with Crippen molar-refractivity contribution in [2.45, 2.75) is 16.2 Å². The minimum Gasteiger partial charge on any atom is -0.456 e. The van der Waals surface area contributed by atoms with Crippen molar-refractivity contribution in [1.29, 1.82) is 0 Å². The van der Waals surface area contributed by atoms with Gasteiger partial charge in [-0.1, -0.05) is 18.2 Å². The lowest BCUT2D eigenvalue weighted by atomic mass is 9.89. The number of benzene rings is 1. The quantitative estimate of drug-likeness (QED) is 0.368. The SMILES string of the molecule is O=C1O[C@H]2C=CC=C[C@@H]2C(=O)[C@H]1Sc1ccc([N+](=O)[O-])cc1. The Bertz CT molecular complexity index is 694. The Kier molecular flexibility index (Phi) is 3.81. The summed E-state index contributed by atoms with van der Waals surface area (Å²) >= 11 is 1.05. The van der Waals surface area contributed by atoms with Gasteiger partial charge in [-0.3, -0.25) is 19.7 Å². The molecule has 0 N–H and O–H groups in total. The Balaban J connectivity index is 1.78. The van der Waals surface area contributed by atoms with Crippen LogP contribution in [0.25, 0.3) is 0 Å². The van der Waals surface area contributed by atoms with Crippen molar-refractivity contribution in [2.24, 2.45) is 5.92 Å². The third kappa shape index (κ3) is 2.67. The standard InChI is InChI=1S/C15H11NO5S/c17-13-11-3-1-2-4-12(11)21-15(18)14(13)22-10-7-5-9(6-8-10)16(19)20/h1-8,11-12,14H/t11-,12-,14+/m0/s1. The Morgan fingerprint density at radius 3 is 2.45 bits per heavy atom. The third-order valence-electron chi connectivity index (χ3n) is 3.44. The summed E-state index contributed by atoms with van der Waals surface area (Å²) in [6, 6.07) is 5.72. The summed E-state index contributed by atoms with van der Waals surface area (Å²) in [5, 5.41) is 9.67. The van der Waals surface area contributed by atoms with Crippen LogP contribution in [0.1, 0.15) is 0 Å². The number of hydrogen-bond donors (Lipinski definition) is 0. The van der Waals surface area contributed by atoms with Crippen LogP contribution in [0.5, 0.6) is 0 Å². The molecule has 0 amide bonds. The molecule has 6 nitrogen and oxygen atoms in total. The molecule has 1 aromatic rings. The highest BCUT2D eigenvalue weighted by Crippen LogP contribution is 2.34. The summed E-state index contributed by atoms with van der Waals surface area (Å²) in [4.78, 5) is 35.2. The van der Waals surface area contributed by atoms with Gasteiger partial charge in [0.25, 0.3) is 5.69 Å². The van der Waals surface area contributed by atoms with Crippen molar-refractivity contribution in [3.63, 3.8) is 0 Å². The lowest BCUT2D eigenvalue weighted by Gasteiger charge is -2.31. The van der Waals surface area contributed by atoms with Crippen molar-refractivity contribution in [3.8, 4) is 0 Å². The van der Waals surface area contributed by atoms with Crippen LogP contribution >= 0.6 is 11.8 Å². The molecule has 1 saturated heterocycles. The molecule has 22 heavy (non-hydrogen) atoms. The van der Waals surface area contributed by atoms with E-state index < -0.39 is 28.2 Å². The van der Waals surface area contributed by atoms with E-state index in [0.29, 0.717) is 4.90 Å². The lowest BCUT2D eigenvalue weighted by Crippen LogP contribution is -2.46. The summed E-state index contributed by atoms with van der Waals surface area (Å²) < 4.78 is 5.28. The van der Waals surface area contributed by atoms with E-state index >= 15 is 0 Å². The fraction of sp³-hybridized carbons (Fsp3) is 0.200. The first-order valence-electron chi connectivity index (χ1n) is 6.56. The molecular weight excluding hydrogens is 306 g/mol. The van der Waals surface area contributed by atoms with Gasteiger partial charge in [0.1, 0.15) is 6.10 Å². The molecule has 0 spiro atoms. The number of nitro benzene ring substituents is 1. The predicted octanol–water partition coefficient (Wildman–Crippen LogP) is 2.29. The van der Waals surface area contributed by atoms with Gasteiger partial charge in [-0.25, -0.2) is 0 Å². The maximum Gasteiger partial charge on any atom is 0.327 e. The van der Waals surface area contributed by atoms with Crippen molar-refractivity contribution in [3.05, 3.63) is 58.7 Å². The third-order valence-corrected chi connectivity index (χ3v) is 4.64. The Morgan fingerprint density at radius 2 is 1.77 bits per heavy atom. The number of esters is 1. The first-order valence-corrected chi connectivity index (χ1v) is 7.44. The van der Waals surface area contributed by atoms with Crippen LogP contribution in [0.15, 0.2) is 53.5 Å². The summed E-state index contributed by atoms with van der Waals surface area (Å²) in [5.41, 5.74) is -0.0395. The fourth-order valence-electron chi connectivity index (χ4n) is 2.33. The minimum absolute atomic E-state index is 0.0395. The normalized spacial score (nSPS) is 26.5. The predicted molar refractivity (Wildman–Crippen MR) is 79.4 cm³/mol. The molecule has 0 radical (unpaired) electrons. The average molecular weight is 317 g/mol. The number of hydrogen-bond acceptors (Lipinski definition) is 6. The molecule has 7 heteroatoms. The molecule has 0 aromatic heterocycles. The average Bonchev–Trinajstić information content (AvgIpc) is 2.52. The van der Waals surface area contributed by atoms with Gasteiger partial charge < -0.3 is 4.74 Å². The first kappa shape index (κ1) is 14.5. The van der Waals surface area contributed by atoms with Gasteiger partial charge in [0, 0.05) is 17.0 Å². The van der Waals surface area contributed by atoms with Gasteiger partial charge in [0.15, 0.2) is 11.0 Å². The second-order valence-corrected chi connectivity index (χ2v) is 6.03. The lowest BCUT2D eigenvalue weighted by molar-refractivity contribution is -0.384. The molecule has 3 rings (SSSR count). The van der Waals surface area contributed by atoms with Crippen LogP contribution in [-0.2, 0) is 14.3 Å². The Hall–Kier alpha value is -2.41. The number of rotatable bonds is 3. The summed E-state index contributed by atoms with van der Waals surface area (Å²) in [6.07, 6.45) is 6.38. The number of thioether (sulfide) groups is 1. The molecule has 1 fully saturated rings. The molecule has 0 bridgehead atoms. The van der Waals surface area contributed by atoms with E-state index in [9.17, 15) is 19.7 Å². The molecule has 1 aliphatic carbocycles. The van der Waals surface area contributed by atoms with Gasteiger partial charge >= 0.3 is 5.97 Å². The van der Waals surface area contributed by atoms with Crippen molar-refractivity contribution >= 4 is 29.2 Å². The van der Waals surface area contributed by atoms with E-state index in [-0.39, 0.29) is 11.5 Å². The van der Waals surface area contributed by atoms with Crippen molar-refractivity contribution < 1.29 is 19.2 Å². The van der Waals surface area contributed by atoms with Gasteiger partial charge in [-0.2, -0.15) is 0 Å². The number of ketones is 1. The highest BCUT2D eigenvalue weighted by Gasteiger charge is 2.44. The summed E-state index contributed by atoms with van der Waals surface area (Å²) in [6.45, 7) is 0. The largest absolute Gasteiger partial charge is 0.456 e. The number of carbonyl (C=O) groups excluding carboxylic acids is 2.